The van der Waals surface area contributed by atoms with Crippen LogP contribution >= 0.6 is 11.8 Å². The Morgan fingerprint density at radius 1 is 1.00 bits per heavy atom. The number of nitrogens with zero attached hydrogens (tertiary/aromatic N) is 3. The van der Waals surface area contributed by atoms with Crippen molar-refractivity contribution in [3.05, 3.63) is 52.7 Å². The van der Waals surface area contributed by atoms with Crippen LogP contribution in [0.3, 0.4) is 0 Å². The van der Waals surface area contributed by atoms with Gasteiger partial charge in [-0.15, -0.1) is 0 Å². The van der Waals surface area contributed by atoms with Crippen LogP contribution in [0.4, 0.5) is 4.39 Å². The van der Waals surface area contributed by atoms with Crippen LogP contribution in [0.5, 0.6) is 11.9 Å². The summed E-state index contributed by atoms with van der Waals surface area (Å²) in [6.45, 7) is 0. The lowest BCUT2D eigenvalue weighted by Gasteiger charge is -2.05. The van der Waals surface area contributed by atoms with Gasteiger partial charge < -0.3 is 19.4 Å². The van der Waals surface area contributed by atoms with Crippen LogP contribution in [-0.4, -0.2) is 39.1 Å². The molecule has 3 heterocycles. The normalized spacial score (nSPS) is 11.4. The highest BCUT2D eigenvalue weighted by Gasteiger charge is 2.17. The number of hydrogen-bond acceptors (Lipinski definition) is 7. The van der Waals surface area contributed by atoms with Gasteiger partial charge in [0.25, 0.3) is 5.56 Å². The third-order valence-corrected chi connectivity index (χ3v) is 5.47. The van der Waals surface area contributed by atoms with E-state index in [4.69, 9.17) is 9.47 Å². The molecule has 5 rings (SSSR count). The average Bonchev–Trinajstić information content (AvgIpc) is 3.17. The number of pyridine rings is 1. The number of benzene rings is 2. The van der Waals surface area contributed by atoms with Gasteiger partial charge in [0.2, 0.25) is 5.88 Å². The minimum Gasteiger partial charge on any atom is -0.481 e. The standard InChI is InChI=1S/C20H14FN5O3S/c1-28-13-8-14(24-19(23-13)29-2)30-20-25-16-10-4-3-9(21)7-12(10)15-11(17(16)26-20)5-6-22-18(15)27/h3-8H,1-2H3,(H,22,27)(H,25,26). The molecule has 0 aliphatic carbocycles. The second kappa shape index (κ2) is 6.99. The Morgan fingerprint density at radius 2 is 1.87 bits per heavy atom. The van der Waals surface area contributed by atoms with Crippen molar-refractivity contribution >= 4 is 44.3 Å². The molecule has 0 aliphatic rings. The maximum Gasteiger partial charge on any atom is 0.320 e. The fraction of sp³-hybridized carbons (Fsp3) is 0.100. The van der Waals surface area contributed by atoms with E-state index < -0.39 is 5.82 Å². The molecular formula is C20H14FN5O3S. The molecule has 2 aromatic carbocycles. The van der Waals surface area contributed by atoms with Crippen LogP contribution < -0.4 is 15.0 Å². The summed E-state index contributed by atoms with van der Waals surface area (Å²) in [5.74, 6) is -0.0564. The largest absolute Gasteiger partial charge is 0.481 e. The zero-order chi connectivity index (χ0) is 20.8. The Hall–Kier alpha value is -3.66. The molecule has 0 amide bonds. The Labute approximate surface area is 172 Å². The van der Waals surface area contributed by atoms with Gasteiger partial charge in [0.1, 0.15) is 10.8 Å². The molecule has 5 aromatic rings. The third-order valence-electron chi connectivity index (χ3n) is 4.67. The number of imidazole rings is 1. The Morgan fingerprint density at radius 3 is 2.67 bits per heavy atom. The SMILES string of the molecule is COc1cc(Sc2nc3c4cc[nH]c(=O)c4c4cc(F)ccc4c3[nH]2)nc(OC)n1. The molecule has 8 nitrogen and oxygen atoms in total. The molecule has 0 bridgehead atoms. The number of ether oxygens (including phenoxy) is 2. The molecule has 150 valence electrons. The van der Waals surface area contributed by atoms with E-state index in [0.717, 1.165) is 0 Å². The van der Waals surface area contributed by atoms with Crippen molar-refractivity contribution in [1.82, 2.24) is 24.9 Å². The highest BCUT2D eigenvalue weighted by atomic mass is 32.2. The summed E-state index contributed by atoms with van der Waals surface area (Å²) in [5, 5.41) is 3.36. The van der Waals surface area contributed by atoms with E-state index in [2.05, 4.69) is 24.9 Å². The zero-order valence-corrected chi connectivity index (χ0v) is 16.6. The molecule has 0 aliphatic heterocycles. The molecule has 0 fully saturated rings. The lowest BCUT2D eigenvalue weighted by atomic mass is 10.0. The van der Waals surface area contributed by atoms with Gasteiger partial charge in [0.05, 0.1) is 30.6 Å². The Bertz CT molecular complexity index is 1480. The zero-order valence-electron chi connectivity index (χ0n) is 15.8. The smallest absolute Gasteiger partial charge is 0.320 e. The van der Waals surface area contributed by atoms with Gasteiger partial charge in [0.15, 0.2) is 5.16 Å². The molecule has 0 radical (unpaired) electrons. The van der Waals surface area contributed by atoms with Gasteiger partial charge in [-0.25, -0.2) is 9.37 Å². The summed E-state index contributed by atoms with van der Waals surface area (Å²) >= 11 is 1.26. The molecule has 0 unspecified atom stereocenters. The van der Waals surface area contributed by atoms with Crippen molar-refractivity contribution in [2.45, 2.75) is 10.2 Å². The molecule has 0 spiro atoms. The minimum atomic E-state index is -0.416. The van der Waals surface area contributed by atoms with Crippen LogP contribution in [0.2, 0.25) is 0 Å². The van der Waals surface area contributed by atoms with E-state index in [-0.39, 0.29) is 11.6 Å². The number of H-pyrrole nitrogens is 2. The number of fused-ring (bicyclic) bond motifs is 6. The van der Waals surface area contributed by atoms with E-state index in [1.54, 1.807) is 24.4 Å². The lowest BCUT2D eigenvalue weighted by molar-refractivity contribution is 0.347. The maximum atomic E-state index is 14.0. The van der Waals surface area contributed by atoms with Crippen LogP contribution in [-0.2, 0) is 0 Å². The quantitative estimate of drug-likeness (QED) is 0.336. The van der Waals surface area contributed by atoms with E-state index in [1.807, 2.05) is 0 Å². The van der Waals surface area contributed by atoms with Crippen molar-refractivity contribution in [3.63, 3.8) is 0 Å². The number of methoxy groups -OCH3 is 2. The minimum absolute atomic E-state index is 0.172. The second-order valence-corrected chi connectivity index (χ2v) is 7.40. The number of aromatic amines is 2. The lowest BCUT2D eigenvalue weighted by Crippen LogP contribution is -2.05. The summed E-state index contributed by atoms with van der Waals surface area (Å²) in [5.41, 5.74) is 1.02. The van der Waals surface area contributed by atoms with Gasteiger partial charge in [-0.2, -0.15) is 9.97 Å². The monoisotopic (exact) mass is 423 g/mol. The van der Waals surface area contributed by atoms with Crippen LogP contribution in [0.1, 0.15) is 0 Å². The molecule has 0 atom stereocenters. The summed E-state index contributed by atoms with van der Waals surface area (Å²) < 4.78 is 24.3. The second-order valence-electron chi connectivity index (χ2n) is 6.39. The summed E-state index contributed by atoms with van der Waals surface area (Å²) in [7, 11) is 2.98. The topological polar surface area (TPSA) is 106 Å². The molecule has 0 saturated heterocycles. The van der Waals surface area contributed by atoms with Gasteiger partial charge in [-0.05, 0) is 36.0 Å². The fourth-order valence-corrected chi connectivity index (χ4v) is 4.18. The number of hydrogen-bond donors (Lipinski definition) is 2. The molecule has 2 N–H and O–H groups in total. The van der Waals surface area contributed by atoms with E-state index in [9.17, 15) is 9.18 Å². The van der Waals surface area contributed by atoms with Crippen molar-refractivity contribution in [2.75, 3.05) is 14.2 Å². The summed E-state index contributed by atoms with van der Waals surface area (Å²) in [6, 6.07) is 7.96. The number of nitrogens with one attached hydrogen (secondary N) is 2. The van der Waals surface area contributed by atoms with Gasteiger partial charge in [-0.3, -0.25) is 4.79 Å². The number of aromatic nitrogens is 5. The molecule has 3 aromatic heterocycles. The molecule has 0 saturated carbocycles. The predicted molar refractivity (Wildman–Crippen MR) is 111 cm³/mol. The first-order chi connectivity index (χ1) is 14.6. The van der Waals surface area contributed by atoms with Crippen LogP contribution in [0.15, 0.2) is 51.5 Å². The van der Waals surface area contributed by atoms with E-state index in [1.165, 1.54) is 38.1 Å². The van der Waals surface area contributed by atoms with Crippen molar-refractivity contribution < 1.29 is 13.9 Å². The van der Waals surface area contributed by atoms with Crippen molar-refractivity contribution in [2.24, 2.45) is 0 Å². The maximum absolute atomic E-state index is 14.0. The summed E-state index contributed by atoms with van der Waals surface area (Å²) in [6.07, 6.45) is 1.55. The average molecular weight is 423 g/mol. The first-order valence-corrected chi connectivity index (χ1v) is 9.66. The highest BCUT2D eigenvalue weighted by Crippen LogP contribution is 2.35. The van der Waals surface area contributed by atoms with E-state index >= 15 is 0 Å². The summed E-state index contributed by atoms with van der Waals surface area (Å²) in [4.78, 5) is 31.5. The van der Waals surface area contributed by atoms with Gasteiger partial charge in [0, 0.05) is 28.4 Å². The molecule has 10 heteroatoms. The molecule has 30 heavy (non-hydrogen) atoms. The Balaban J connectivity index is 1.75. The first kappa shape index (κ1) is 18.4. The van der Waals surface area contributed by atoms with Crippen LogP contribution in [0, 0.1) is 5.82 Å². The fourth-order valence-electron chi connectivity index (χ4n) is 3.41. The highest BCUT2D eigenvalue weighted by molar-refractivity contribution is 7.99. The van der Waals surface area contributed by atoms with Crippen molar-refractivity contribution in [3.8, 4) is 11.9 Å². The van der Waals surface area contributed by atoms with E-state index in [0.29, 0.717) is 48.6 Å². The van der Waals surface area contributed by atoms with Crippen LogP contribution in [0.25, 0.3) is 32.6 Å². The van der Waals surface area contributed by atoms with Crippen molar-refractivity contribution in [1.29, 1.82) is 0 Å². The number of halogens is 1. The van der Waals surface area contributed by atoms with Gasteiger partial charge in [-0.1, -0.05) is 0 Å². The molecular weight excluding hydrogens is 409 g/mol. The van der Waals surface area contributed by atoms with Gasteiger partial charge >= 0.3 is 6.01 Å². The Kier molecular flexibility index (Phi) is 4.28. The third kappa shape index (κ3) is 2.92. The number of rotatable bonds is 4. The first-order valence-electron chi connectivity index (χ1n) is 8.84. The predicted octanol–water partition coefficient (Wildman–Crippen LogP) is 3.66.